The molecule has 4 rings (SSSR count). The summed E-state index contributed by atoms with van der Waals surface area (Å²) in [5.74, 6) is -0.351. The predicted molar refractivity (Wildman–Crippen MR) is 149 cm³/mol. The van der Waals surface area contributed by atoms with Crippen molar-refractivity contribution >= 4 is 46.3 Å². The minimum Gasteiger partial charge on any atom is -0.490 e. The van der Waals surface area contributed by atoms with Gasteiger partial charge in [-0.05, 0) is 72.6 Å². The van der Waals surface area contributed by atoms with Crippen molar-refractivity contribution < 1.29 is 29.1 Å². The highest BCUT2D eigenvalue weighted by molar-refractivity contribution is 8.18. The molecule has 1 aliphatic rings. The number of nitro benzene ring substituents is 1. The summed E-state index contributed by atoms with van der Waals surface area (Å²) >= 11 is 1.19. The molecule has 0 atom stereocenters. The lowest BCUT2D eigenvalue weighted by Crippen LogP contribution is -2.23. The molecule has 1 aliphatic heterocycles. The first-order valence-corrected chi connectivity index (χ1v) is 12.7. The maximum Gasteiger partial charge on any atom is 0.336 e. The quantitative estimate of drug-likeness (QED) is 0.202. The van der Waals surface area contributed by atoms with Gasteiger partial charge in [0.1, 0.15) is 6.61 Å². The van der Waals surface area contributed by atoms with Gasteiger partial charge in [-0.2, -0.15) is 0 Å². The number of carbonyl (C=O) groups excluding carboxylic acids is 1. The number of carboxylic acids is 1. The van der Waals surface area contributed by atoms with Crippen LogP contribution in [0.4, 0.5) is 11.4 Å². The van der Waals surface area contributed by atoms with Crippen LogP contribution in [0.2, 0.25) is 0 Å². The highest BCUT2D eigenvalue weighted by Crippen LogP contribution is 2.36. The third-order valence-electron chi connectivity index (χ3n) is 5.84. The lowest BCUT2D eigenvalue weighted by Gasteiger charge is -2.13. The monoisotopic (exact) mass is 547 g/mol. The number of carboxylic acid groups (broad SMARTS) is 1. The van der Waals surface area contributed by atoms with Crippen molar-refractivity contribution in [2.75, 3.05) is 13.7 Å². The fraction of sp³-hybridized carbons (Fsp3) is 0.179. The molecule has 39 heavy (non-hydrogen) atoms. The van der Waals surface area contributed by atoms with Gasteiger partial charge < -0.3 is 14.6 Å². The number of amidine groups is 1. The lowest BCUT2D eigenvalue weighted by molar-refractivity contribution is -0.384. The number of thioether (sulfide) groups is 1. The van der Waals surface area contributed by atoms with Gasteiger partial charge in [-0.15, -0.1) is 0 Å². The standard InChI is InChI=1S/C28H25N3O7S/c1-4-37-24-14-18(11-12-23(24)38-16-19-7-5-8-20(13-19)31(35)36)15-25-26(32)30(3)28(39-25)29-22-10-6-9-21(17(22)2)27(33)34/h5-15H,4,16H2,1-3H3,(H,33,34)/b25-15-,29-28?. The second-order valence-corrected chi connectivity index (χ2v) is 9.49. The lowest BCUT2D eigenvalue weighted by atomic mass is 10.1. The van der Waals surface area contributed by atoms with Crippen molar-refractivity contribution in [1.82, 2.24) is 4.90 Å². The second-order valence-electron chi connectivity index (χ2n) is 8.48. The maximum atomic E-state index is 12.9. The maximum absolute atomic E-state index is 12.9. The number of amides is 1. The first kappa shape index (κ1) is 27.4. The van der Waals surface area contributed by atoms with Crippen LogP contribution >= 0.6 is 11.8 Å². The van der Waals surface area contributed by atoms with Crippen LogP contribution in [0.5, 0.6) is 11.5 Å². The minimum absolute atomic E-state index is 0.0144. The Kier molecular flexibility index (Phi) is 8.30. The summed E-state index contributed by atoms with van der Waals surface area (Å²) in [7, 11) is 1.61. The van der Waals surface area contributed by atoms with Crippen LogP contribution in [0.3, 0.4) is 0 Å². The number of likely N-dealkylation sites (N-methyl/N-ethyl adjacent to an activating group) is 1. The van der Waals surface area contributed by atoms with Crippen LogP contribution in [0.1, 0.15) is 34.0 Å². The van der Waals surface area contributed by atoms with Gasteiger partial charge in [-0.3, -0.25) is 19.8 Å². The summed E-state index contributed by atoms with van der Waals surface area (Å²) < 4.78 is 11.6. The molecule has 0 bridgehead atoms. The number of benzene rings is 3. The molecular formula is C28H25N3O7S. The van der Waals surface area contributed by atoms with Gasteiger partial charge >= 0.3 is 5.97 Å². The van der Waals surface area contributed by atoms with E-state index in [9.17, 15) is 24.8 Å². The summed E-state index contributed by atoms with van der Waals surface area (Å²) in [5.41, 5.74) is 2.47. The molecule has 1 N–H and O–H groups in total. The number of aliphatic imine (C=N–C) groups is 1. The second kappa shape index (κ2) is 11.8. The fourth-order valence-corrected chi connectivity index (χ4v) is 4.78. The largest absolute Gasteiger partial charge is 0.490 e. The van der Waals surface area contributed by atoms with Gasteiger partial charge in [0, 0.05) is 19.2 Å². The first-order chi connectivity index (χ1) is 18.7. The zero-order chi connectivity index (χ0) is 28.1. The molecule has 0 spiro atoms. The molecule has 1 saturated heterocycles. The minimum atomic E-state index is -1.04. The van der Waals surface area contributed by atoms with Crippen LogP contribution in [0.25, 0.3) is 6.08 Å². The van der Waals surface area contributed by atoms with E-state index in [4.69, 9.17) is 9.47 Å². The topological polar surface area (TPSA) is 132 Å². The number of non-ortho nitro benzene ring substituents is 1. The fourth-order valence-electron chi connectivity index (χ4n) is 3.81. The molecular weight excluding hydrogens is 522 g/mol. The summed E-state index contributed by atoms with van der Waals surface area (Å²) in [6, 6.07) is 16.3. The molecule has 0 unspecified atom stereocenters. The Morgan fingerprint density at radius 2 is 1.90 bits per heavy atom. The number of hydrogen-bond acceptors (Lipinski definition) is 8. The first-order valence-electron chi connectivity index (χ1n) is 11.9. The summed E-state index contributed by atoms with van der Waals surface area (Å²) in [4.78, 5) is 41.4. The number of nitrogens with zero attached hydrogens (tertiary/aromatic N) is 3. The summed E-state index contributed by atoms with van der Waals surface area (Å²) in [6.45, 7) is 4.02. The van der Waals surface area contributed by atoms with Gasteiger partial charge in [-0.25, -0.2) is 9.79 Å². The van der Waals surface area contributed by atoms with Crippen molar-refractivity contribution in [2.24, 2.45) is 4.99 Å². The van der Waals surface area contributed by atoms with Crippen molar-refractivity contribution in [1.29, 1.82) is 0 Å². The SMILES string of the molecule is CCOc1cc(/C=C2\SC(=Nc3cccc(C(=O)O)c3C)N(C)C2=O)ccc1OCc1cccc([N+](=O)[O-])c1. The Morgan fingerprint density at radius 3 is 2.62 bits per heavy atom. The van der Waals surface area contributed by atoms with Crippen molar-refractivity contribution in [3.8, 4) is 11.5 Å². The van der Waals surface area contributed by atoms with E-state index in [-0.39, 0.29) is 23.8 Å². The molecule has 1 amide bonds. The third kappa shape index (κ3) is 6.27. The zero-order valence-electron chi connectivity index (χ0n) is 21.4. The number of rotatable bonds is 9. The van der Waals surface area contributed by atoms with Gasteiger partial charge in [0.25, 0.3) is 11.6 Å². The van der Waals surface area contributed by atoms with Crippen LogP contribution in [-0.4, -0.2) is 45.6 Å². The highest BCUT2D eigenvalue weighted by Gasteiger charge is 2.30. The third-order valence-corrected chi connectivity index (χ3v) is 6.90. The van der Waals surface area contributed by atoms with Crippen molar-refractivity contribution in [3.05, 3.63) is 97.9 Å². The van der Waals surface area contributed by atoms with E-state index in [1.54, 1.807) is 62.5 Å². The highest BCUT2D eigenvalue weighted by atomic mass is 32.2. The molecule has 0 saturated carbocycles. The molecule has 1 fully saturated rings. The van der Waals surface area contributed by atoms with Crippen LogP contribution in [0.15, 0.2) is 70.6 Å². The molecule has 3 aromatic rings. The average molecular weight is 548 g/mol. The van der Waals surface area contributed by atoms with E-state index in [1.165, 1.54) is 34.9 Å². The van der Waals surface area contributed by atoms with E-state index in [1.807, 2.05) is 6.92 Å². The molecule has 0 aromatic heterocycles. The molecule has 200 valence electrons. The van der Waals surface area contributed by atoms with Crippen molar-refractivity contribution in [2.45, 2.75) is 20.5 Å². The number of hydrogen-bond donors (Lipinski definition) is 1. The number of carbonyl (C=O) groups is 2. The van der Waals surface area contributed by atoms with E-state index < -0.39 is 10.9 Å². The van der Waals surface area contributed by atoms with E-state index in [2.05, 4.69) is 4.99 Å². The summed E-state index contributed by atoms with van der Waals surface area (Å²) in [5, 5.41) is 20.8. The van der Waals surface area contributed by atoms with E-state index in [0.717, 1.165) is 0 Å². The smallest absolute Gasteiger partial charge is 0.336 e. The van der Waals surface area contributed by atoms with E-state index >= 15 is 0 Å². The predicted octanol–water partition coefficient (Wildman–Crippen LogP) is 5.81. The van der Waals surface area contributed by atoms with Crippen LogP contribution in [0, 0.1) is 17.0 Å². The molecule has 0 radical (unpaired) electrons. The van der Waals surface area contributed by atoms with Gasteiger partial charge in [0.15, 0.2) is 16.7 Å². The van der Waals surface area contributed by atoms with Crippen molar-refractivity contribution in [3.63, 3.8) is 0 Å². The Hall–Kier alpha value is -4.64. The average Bonchev–Trinajstić information content (AvgIpc) is 3.17. The number of nitro groups is 1. The Bertz CT molecular complexity index is 1520. The summed E-state index contributed by atoms with van der Waals surface area (Å²) in [6.07, 6.45) is 1.72. The van der Waals surface area contributed by atoms with Gasteiger partial charge in [-0.1, -0.05) is 24.3 Å². The van der Waals surface area contributed by atoms with Crippen LogP contribution < -0.4 is 9.47 Å². The molecule has 3 aromatic carbocycles. The molecule has 0 aliphatic carbocycles. The van der Waals surface area contributed by atoms with E-state index in [0.29, 0.717) is 50.6 Å². The number of aromatic carboxylic acids is 1. The Balaban J connectivity index is 1.56. The Labute approximate surface area is 228 Å². The zero-order valence-corrected chi connectivity index (χ0v) is 22.2. The molecule has 1 heterocycles. The number of ether oxygens (including phenoxy) is 2. The molecule has 11 heteroatoms. The normalized spacial score (nSPS) is 15.2. The van der Waals surface area contributed by atoms with Gasteiger partial charge in [0.2, 0.25) is 0 Å². The van der Waals surface area contributed by atoms with Gasteiger partial charge in [0.05, 0.1) is 27.7 Å². The molecule has 10 nitrogen and oxygen atoms in total. The van der Waals surface area contributed by atoms with Crippen LogP contribution in [-0.2, 0) is 11.4 Å². The Morgan fingerprint density at radius 1 is 1.13 bits per heavy atom.